The number of amides is 1. The minimum atomic E-state index is -2.33. The Bertz CT molecular complexity index is 215. The van der Waals surface area contributed by atoms with Crippen molar-refractivity contribution in [2.75, 3.05) is 0 Å². The number of nitrogens with two attached hydrogens (primary N) is 1. The van der Waals surface area contributed by atoms with E-state index < -0.39 is 12.5 Å². The Labute approximate surface area is 88.4 Å². The summed E-state index contributed by atoms with van der Waals surface area (Å²) in [4.78, 5) is 10.9. The Morgan fingerprint density at radius 3 is 2.27 bits per heavy atom. The fraction of sp³-hybridized carbons (Fsp3) is 0.900. The lowest BCUT2D eigenvalue weighted by Gasteiger charge is -2.29. The van der Waals surface area contributed by atoms with Crippen molar-refractivity contribution < 1.29 is 13.6 Å². The van der Waals surface area contributed by atoms with Crippen molar-refractivity contribution in [3.63, 3.8) is 0 Å². The molecular weight excluding hydrogens is 202 g/mol. The van der Waals surface area contributed by atoms with Gasteiger partial charge in [0.25, 0.3) is 6.43 Å². The summed E-state index contributed by atoms with van der Waals surface area (Å²) in [5.74, 6) is -0.333. The van der Waals surface area contributed by atoms with Gasteiger partial charge in [0, 0.05) is 12.0 Å². The maximum Gasteiger partial charge on any atom is 0.253 e. The molecule has 1 aliphatic carbocycles. The van der Waals surface area contributed by atoms with Crippen LogP contribution in [0.25, 0.3) is 0 Å². The van der Waals surface area contributed by atoms with Crippen LogP contribution in [0.15, 0.2) is 0 Å². The lowest BCUT2D eigenvalue weighted by atomic mass is 9.85. The topological polar surface area (TPSA) is 55.1 Å². The summed E-state index contributed by atoms with van der Waals surface area (Å²) in [6.45, 7) is 1.48. The standard InChI is InChI=1S/C10H18F2N2O/c1-6(9(11)12)14-8-4-2-7(3-5-8)10(13)15/h6-9,14H,2-5H2,1H3,(H2,13,15). The van der Waals surface area contributed by atoms with E-state index in [4.69, 9.17) is 5.73 Å². The summed E-state index contributed by atoms with van der Waals surface area (Å²) in [6, 6.07) is -0.676. The van der Waals surface area contributed by atoms with E-state index in [1.54, 1.807) is 0 Å². The molecule has 0 aromatic carbocycles. The average molecular weight is 220 g/mol. The largest absolute Gasteiger partial charge is 0.369 e. The normalized spacial score (nSPS) is 29.1. The summed E-state index contributed by atoms with van der Waals surface area (Å²) in [5.41, 5.74) is 5.18. The van der Waals surface area contributed by atoms with Crippen LogP contribution in [0, 0.1) is 5.92 Å². The van der Waals surface area contributed by atoms with Crippen molar-refractivity contribution in [1.82, 2.24) is 5.32 Å². The molecule has 1 unspecified atom stereocenters. The third-order valence-electron chi connectivity index (χ3n) is 3.01. The Morgan fingerprint density at radius 2 is 1.87 bits per heavy atom. The van der Waals surface area contributed by atoms with Gasteiger partial charge in [-0.15, -0.1) is 0 Å². The SMILES string of the molecule is CC(NC1CCC(C(N)=O)CC1)C(F)F. The summed E-state index contributed by atoms with van der Waals surface area (Å²) in [7, 11) is 0. The van der Waals surface area contributed by atoms with E-state index in [-0.39, 0.29) is 17.9 Å². The zero-order valence-electron chi connectivity index (χ0n) is 8.88. The fourth-order valence-corrected chi connectivity index (χ4v) is 1.99. The molecule has 3 N–H and O–H groups in total. The molecule has 0 aromatic heterocycles. The molecule has 1 aliphatic rings. The number of rotatable bonds is 4. The summed E-state index contributed by atoms with van der Waals surface area (Å²) >= 11 is 0. The molecule has 88 valence electrons. The van der Waals surface area contributed by atoms with Gasteiger partial charge in [0.1, 0.15) is 0 Å². The predicted octanol–water partition coefficient (Wildman–Crippen LogP) is 1.27. The van der Waals surface area contributed by atoms with Crippen LogP contribution in [0.5, 0.6) is 0 Å². The van der Waals surface area contributed by atoms with Gasteiger partial charge < -0.3 is 11.1 Å². The average Bonchev–Trinajstić information content (AvgIpc) is 2.18. The number of hydrogen-bond acceptors (Lipinski definition) is 2. The molecule has 1 atom stereocenters. The molecule has 0 aliphatic heterocycles. The van der Waals surface area contributed by atoms with Crippen molar-refractivity contribution in [3.05, 3.63) is 0 Å². The predicted molar refractivity (Wildman–Crippen MR) is 53.5 cm³/mol. The van der Waals surface area contributed by atoms with Crippen molar-refractivity contribution in [3.8, 4) is 0 Å². The van der Waals surface area contributed by atoms with Crippen LogP contribution in [0.1, 0.15) is 32.6 Å². The number of carbonyl (C=O) groups is 1. The lowest BCUT2D eigenvalue weighted by molar-refractivity contribution is -0.122. The zero-order valence-corrected chi connectivity index (χ0v) is 8.88. The van der Waals surface area contributed by atoms with Crippen molar-refractivity contribution >= 4 is 5.91 Å². The van der Waals surface area contributed by atoms with Gasteiger partial charge in [0.2, 0.25) is 5.91 Å². The second-order valence-corrected chi connectivity index (χ2v) is 4.24. The monoisotopic (exact) mass is 220 g/mol. The smallest absolute Gasteiger partial charge is 0.253 e. The molecule has 0 bridgehead atoms. The van der Waals surface area contributed by atoms with Crippen molar-refractivity contribution in [1.29, 1.82) is 0 Å². The molecule has 0 aromatic rings. The number of alkyl halides is 2. The zero-order chi connectivity index (χ0) is 11.4. The summed E-state index contributed by atoms with van der Waals surface area (Å²) in [6.07, 6.45) is 0.597. The molecule has 0 saturated heterocycles. The van der Waals surface area contributed by atoms with Gasteiger partial charge in [0.15, 0.2) is 0 Å². The molecular formula is C10H18F2N2O. The van der Waals surface area contributed by atoms with Crippen molar-refractivity contribution in [2.24, 2.45) is 11.7 Å². The van der Waals surface area contributed by atoms with Gasteiger partial charge in [-0.3, -0.25) is 4.79 Å². The Balaban J connectivity index is 2.28. The number of carbonyl (C=O) groups excluding carboxylic acids is 1. The Kier molecular flexibility index (Phi) is 4.45. The molecule has 1 saturated carbocycles. The van der Waals surface area contributed by atoms with Gasteiger partial charge >= 0.3 is 0 Å². The van der Waals surface area contributed by atoms with Crippen molar-refractivity contribution in [2.45, 2.75) is 51.1 Å². The first-order chi connectivity index (χ1) is 7.00. The number of hydrogen-bond donors (Lipinski definition) is 2. The third-order valence-corrected chi connectivity index (χ3v) is 3.01. The second kappa shape index (κ2) is 5.39. The summed E-state index contributed by atoms with van der Waals surface area (Å²) in [5, 5.41) is 2.88. The highest BCUT2D eigenvalue weighted by atomic mass is 19.3. The molecule has 15 heavy (non-hydrogen) atoms. The van der Waals surface area contributed by atoms with E-state index in [2.05, 4.69) is 5.32 Å². The van der Waals surface area contributed by atoms with Crippen LogP contribution in [0.4, 0.5) is 8.78 Å². The number of nitrogens with one attached hydrogen (secondary N) is 1. The van der Waals surface area contributed by atoms with E-state index in [0.717, 1.165) is 12.8 Å². The minimum absolute atomic E-state index is 0.0649. The van der Waals surface area contributed by atoms with Crippen LogP contribution >= 0.6 is 0 Å². The molecule has 1 rings (SSSR count). The van der Waals surface area contributed by atoms with E-state index in [9.17, 15) is 13.6 Å². The van der Waals surface area contributed by atoms with Gasteiger partial charge in [-0.1, -0.05) is 0 Å². The third kappa shape index (κ3) is 3.74. The number of primary amides is 1. The van der Waals surface area contributed by atoms with Gasteiger partial charge in [0.05, 0.1) is 6.04 Å². The molecule has 1 amide bonds. The molecule has 3 nitrogen and oxygen atoms in total. The maximum absolute atomic E-state index is 12.3. The van der Waals surface area contributed by atoms with Gasteiger partial charge in [-0.05, 0) is 32.6 Å². The van der Waals surface area contributed by atoms with Gasteiger partial charge in [-0.25, -0.2) is 8.78 Å². The summed E-state index contributed by atoms with van der Waals surface area (Å²) < 4.78 is 24.5. The molecule has 1 fully saturated rings. The molecule has 0 spiro atoms. The molecule has 0 radical (unpaired) electrons. The fourth-order valence-electron chi connectivity index (χ4n) is 1.99. The van der Waals surface area contributed by atoms with Crippen LogP contribution in [-0.4, -0.2) is 24.4 Å². The highest BCUT2D eigenvalue weighted by molar-refractivity contribution is 5.76. The van der Waals surface area contributed by atoms with E-state index in [0.29, 0.717) is 12.8 Å². The quantitative estimate of drug-likeness (QED) is 0.749. The first-order valence-electron chi connectivity index (χ1n) is 5.34. The highest BCUT2D eigenvalue weighted by Crippen LogP contribution is 2.24. The Morgan fingerprint density at radius 1 is 1.33 bits per heavy atom. The molecule has 0 heterocycles. The van der Waals surface area contributed by atoms with Crippen LogP contribution in [0.2, 0.25) is 0 Å². The van der Waals surface area contributed by atoms with E-state index >= 15 is 0 Å². The molecule has 5 heteroatoms. The minimum Gasteiger partial charge on any atom is -0.369 e. The number of halogens is 2. The van der Waals surface area contributed by atoms with Crippen LogP contribution in [0.3, 0.4) is 0 Å². The van der Waals surface area contributed by atoms with E-state index in [1.165, 1.54) is 6.92 Å². The maximum atomic E-state index is 12.3. The lowest BCUT2D eigenvalue weighted by Crippen LogP contribution is -2.43. The second-order valence-electron chi connectivity index (χ2n) is 4.24. The first kappa shape index (κ1) is 12.4. The van der Waals surface area contributed by atoms with E-state index in [1.807, 2.05) is 0 Å². The van der Waals surface area contributed by atoms with Gasteiger partial charge in [-0.2, -0.15) is 0 Å². The Hall–Kier alpha value is -0.710. The van der Waals surface area contributed by atoms with Crippen LogP contribution < -0.4 is 11.1 Å². The highest BCUT2D eigenvalue weighted by Gasteiger charge is 2.26. The first-order valence-corrected chi connectivity index (χ1v) is 5.34. The van der Waals surface area contributed by atoms with Crippen LogP contribution in [-0.2, 0) is 4.79 Å².